The lowest BCUT2D eigenvalue weighted by Gasteiger charge is -2.34. The van der Waals surface area contributed by atoms with Crippen molar-refractivity contribution in [3.05, 3.63) is 54.4 Å². The van der Waals surface area contributed by atoms with E-state index in [4.69, 9.17) is 14.7 Å². The lowest BCUT2D eigenvalue weighted by atomic mass is 10.1. The standard InChI is InChI=1S/C28H32N8O2S/c1-5-29-28-34-25(20-14-18(2)15-22(16-20)38-4)26(39-28)23-8-9-30-27(33-23)32-21-6-7-24(31-17-21)36-12-10-35(11-13-36)19(3)37/h6-9,14-17H,5,10-13H2,1-4H3,(H,29,34)(H,30,32,33). The highest BCUT2D eigenvalue weighted by atomic mass is 32.1. The summed E-state index contributed by atoms with van der Waals surface area (Å²) in [6.07, 6.45) is 3.53. The molecule has 39 heavy (non-hydrogen) atoms. The Hall–Kier alpha value is -4.25. The van der Waals surface area contributed by atoms with Gasteiger partial charge in [0.25, 0.3) is 0 Å². The number of methoxy groups -OCH3 is 1. The summed E-state index contributed by atoms with van der Waals surface area (Å²) in [5, 5.41) is 7.44. The molecule has 202 valence electrons. The zero-order valence-corrected chi connectivity index (χ0v) is 23.4. The summed E-state index contributed by atoms with van der Waals surface area (Å²) in [6.45, 7) is 9.43. The highest BCUT2D eigenvalue weighted by Gasteiger charge is 2.20. The van der Waals surface area contributed by atoms with Crippen LogP contribution in [0.3, 0.4) is 0 Å². The van der Waals surface area contributed by atoms with E-state index < -0.39 is 0 Å². The molecule has 0 spiro atoms. The number of aryl methyl sites for hydroxylation is 1. The van der Waals surface area contributed by atoms with Crippen LogP contribution in [0, 0.1) is 6.92 Å². The first-order chi connectivity index (χ1) is 18.9. The first kappa shape index (κ1) is 26.4. The van der Waals surface area contributed by atoms with Crippen LogP contribution in [0.1, 0.15) is 19.4 Å². The second kappa shape index (κ2) is 11.6. The molecule has 1 aromatic carbocycles. The Labute approximate surface area is 232 Å². The van der Waals surface area contributed by atoms with Crippen molar-refractivity contribution >= 4 is 39.8 Å². The number of anilines is 4. The van der Waals surface area contributed by atoms with Gasteiger partial charge in [-0.1, -0.05) is 11.3 Å². The van der Waals surface area contributed by atoms with Gasteiger partial charge in [-0.15, -0.1) is 0 Å². The third kappa shape index (κ3) is 6.09. The van der Waals surface area contributed by atoms with E-state index in [1.54, 1.807) is 37.8 Å². The van der Waals surface area contributed by atoms with Crippen LogP contribution in [-0.4, -0.2) is 70.6 Å². The van der Waals surface area contributed by atoms with Gasteiger partial charge in [0, 0.05) is 51.4 Å². The maximum absolute atomic E-state index is 11.6. The lowest BCUT2D eigenvalue weighted by Crippen LogP contribution is -2.48. The molecule has 10 nitrogen and oxygen atoms in total. The first-order valence-electron chi connectivity index (χ1n) is 12.9. The Morgan fingerprint density at radius 3 is 2.59 bits per heavy atom. The van der Waals surface area contributed by atoms with E-state index in [1.165, 1.54) is 0 Å². The molecular weight excluding hydrogens is 512 g/mol. The van der Waals surface area contributed by atoms with Crippen LogP contribution < -0.4 is 20.3 Å². The largest absolute Gasteiger partial charge is 0.497 e. The van der Waals surface area contributed by atoms with E-state index in [1.807, 2.05) is 42.2 Å². The molecule has 11 heteroatoms. The highest BCUT2D eigenvalue weighted by molar-refractivity contribution is 7.19. The first-order valence-corrected chi connectivity index (χ1v) is 13.7. The zero-order chi connectivity index (χ0) is 27.4. The molecule has 1 saturated heterocycles. The summed E-state index contributed by atoms with van der Waals surface area (Å²) in [5.74, 6) is 2.27. The van der Waals surface area contributed by atoms with Gasteiger partial charge in [0.15, 0.2) is 5.13 Å². The number of hydrogen-bond donors (Lipinski definition) is 2. The Balaban J connectivity index is 1.37. The van der Waals surface area contributed by atoms with Gasteiger partial charge in [0.05, 0.1) is 35.3 Å². The monoisotopic (exact) mass is 544 g/mol. The minimum atomic E-state index is 0.117. The zero-order valence-electron chi connectivity index (χ0n) is 22.6. The molecule has 1 fully saturated rings. The molecule has 0 aliphatic carbocycles. The number of ether oxygens (including phenoxy) is 1. The van der Waals surface area contributed by atoms with E-state index in [0.29, 0.717) is 19.0 Å². The van der Waals surface area contributed by atoms with Gasteiger partial charge in [0.2, 0.25) is 11.9 Å². The summed E-state index contributed by atoms with van der Waals surface area (Å²) in [7, 11) is 1.67. The quantitative estimate of drug-likeness (QED) is 0.323. The molecule has 0 atom stereocenters. The van der Waals surface area contributed by atoms with Crippen molar-refractivity contribution in [3.8, 4) is 27.6 Å². The van der Waals surface area contributed by atoms with E-state index in [-0.39, 0.29) is 5.91 Å². The molecule has 4 aromatic rings. The predicted molar refractivity (Wildman–Crippen MR) is 156 cm³/mol. The Morgan fingerprint density at radius 2 is 1.90 bits per heavy atom. The number of hydrogen-bond acceptors (Lipinski definition) is 10. The van der Waals surface area contributed by atoms with Crippen molar-refractivity contribution in [2.24, 2.45) is 0 Å². The third-order valence-corrected chi connectivity index (χ3v) is 7.49. The van der Waals surface area contributed by atoms with Crippen molar-refractivity contribution < 1.29 is 9.53 Å². The summed E-state index contributed by atoms with van der Waals surface area (Å²) < 4.78 is 5.50. The summed E-state index contributed by atoms with van der Waals surface area (Å²) >= 11 is 1.56. The van der Waals surface area contributed by atoms with Crippen LogP contribution in [0.2, 0.25) is 0 Å². The summed E-state index contributed by atoms with van der Waals surface area (Å²) in [5.41, 5.74) is 4.48. The van der Waals surface area contributed by atoms with Crippen LogP contribution in [0.5, 0.6) is 5.75 Å². The van der Waals surface area contributed by atoms with E-state index in [9.17, 15) is 4.79 Å². The number of nitrogens with one attached hydrogen (secondary N) is 2. The van der Waals surface area contributed by atoms with Crippen LogP contribution >= 0.6 is 11.3 Å². The fourth-order valence-electron chi connectivity index (χ4n) is 4.49. The second-order valence-electron chi connectivity index (χ2n) is 9.25. The van der Waals surface area contributed by atoms with Crippen molar-refractivity contribution in [2.45, 2.75) is 20.8 Å². The average Bonchev–Trinajstić information content (AvgIpc) is 3.38. The molecule has 4 heterocycles. The lowest BCUT2D eigenvalue weighted by molar-refractivity contribution is -0.129. The molecule has 1 amide bonds. The van der Waals surface area contributed by atoms with Crippen molar-refractivity contribution in [3.63, 3.8) is 0 Å². The number of rotatable bonds is 8. The van der Waals surface area contributed by atoms with E-state index in [2.05, 4.69) is 38.5 Å². The topological polar surface area (TPSA) is 108 Å². The number of pyridine rings is 1. The van der Waals surface area contributed by atoms with Gasteiger partial charge >= 0.3 is 0 Å². The maximum Gasteiger partial charge on any atom is 0.227 e. The second-order valence-corrected chi connectivity index (χ2v) is 10.3. The minimum absolute atomic E-state index is 0.117. The minimum Gasteiger partial charge on any atom is -0.497 e. The Bertz CT molecular complexity index is 1450. The molecule has 2 N–H and O–H groups in total. The molecule has 5 rings (SSSR count). The van der Waals surface area contributed by atoms with Gasteiger partial charge in [-0.3, -0.25) is 4.79 Å². The molecule has 1 aliphatic rings. The van der Waals surface area contributed by atoms with Crippen LogP contribution in [0.15, 0.2) is 48.8 Å². The van der Waals surface area contributed by atoms with Crippen LogP contribution in [0.25, 0.3) is 21.8 Å². The number of benzene rings is 1. The van der Waals surface area contributed by atoms with E-state index in [0.717, 1.165) is 69.4 Å². The fraction of sp³-hybridized carbons (Fsp3) is 0.321. The Kier molecular flexibility index (Phi) is 7.87. The molecular formula is C28H32N8O2S. The molecule has 3 aromatic heterocycles. The Morgan fingerprint density at radius 1 is 1.08 bits per heavy atom. The third-order valence-electron chi connectivity index (χ3n) is 6.46. The highest BCUT2D eigenvalue weighted by Crippen LogP contribution is 2.39. The van der Waals surface area contributed by atoms with Crippen molar-refractivity contribution in [1.29, 1.82) is 0 Å². The number of thiazole rings is 1. The predicted octanol–water partition coefficient (Wildman–Crippen LogP) is 4.82. The fourth-order valence-corrected chi connectivity index (χ4v) is 5.52. The maximum atomic E-state index is 11.6. The van der Waals surface area contributed by atoms with Crippen LogP contribution in [-0.2, 0) is 4.79 Å². The molecule has 0 radical (unpaired) electrons. The number of carbonyl (C=O) groups excluding carboxylic acids is 1. The van der Waals surface area contributed by atoms with Gasteiger partial charge in [-0.05, 0) is 55.8 Å². The SMILES string of the molecule is CCNc1nc(-c2cc(C)cc(OC)c2)c(-c2ccnc(Nc3ccc(N4CCN(C(C)=O)CC4)nc3)n2)s1. The van der Waals surface area contributed by atoms with Gasteiger partial charge < -0.3 is 25.2 Å². The summed E-state index contributed by atoms with van der Waals surface area (Å²) in [4.78, 5) is 35.4. The summed E-state index contributed by atoms with van der Waals surface area (Å²) in [6, 6.07) is 11.9. The van der Waals surface area contributed by atoms with Gasteiger partial charge in [-0.25, -0.2) is 19.9 Å². The van der Waals surface area contributed by atoms with Gasteiger partial charge in [0.1, 0.15) is 11.6 Å². The molecule has 0 bridgehead atoms. The number of carbonyl (C=O) groups is 1. The molecule has 0 unspecified atom stereocenters. The van der Waals surface area contributed by atoms with E-state index >= 15 is 0 Å². The van der Waals surface area contributed by atoms with Crippen molar-refractivity contribution in [1.82, 2.24) is 24.8 Å². The average molecular weight is 545 g/mol. The van der Waals surface area contributed by atoms with Crippen LogP contribution in [0.4, 0.5) is 22.6 Å². The number of nitrogens with zero attached hydrogens (tertiary/aromatic N) is 6. The number of aromatic nitrogens is 4. The number of amides is 1. The normalized spacial score (nSPS) is 13.3. The molecule has 0 saturated carbocycles. The molecule has 1 aliphatic heterocycles. The van der Waals surface area contributed by atoms with Crippen molar-refractivity contribution in [2.75, 3.05) is 55.4 Å². The van der Waals surface area contributed by atoms with Gasteiger partial charge in [-0.2, -0.15) is 0 Å². The number of piperazine rings is 1. The smallest absolute Gasteiger partial charge is 0.227 e.